The van der Waals surface area contributed by atoms with Gasteiger partial charge in [0.25, 0.3) is 5.91 Å². The van der Waals surface area contributed by atoms with Crippen LogP contribution in [0.5, 0.6) is 0 Å². The van der Waals surface area contributed by atoms with Gasteiger partial charge in [0.15, 0.2) is 0 Å². The van der Waals surface area contributed by atoms with E-state index in [9.17, 15) is 10.1 Å². The summed E-state index contributed by atoms with van der Waals surface area (Å²) in [6, 6.07) is 9.68. The van der Waals surface area contributed by atoms with Gasteiger partial charge >= 0.3 is 0 Å². The Hall–Kier alpha value is -1.59. The average molecular weight is 411 g/mol. The van der Waals surface area contributed by atoms with Crippen LogP contribution >= 0.6 is 22.6 Å². The number of hydrogen-bond donors (Lipinski definition) is 1. The van der Waals surface area contributed by atoms with E-state index in [0.29, 0.717) is 13.1 Å². The maximum absolute atomic E-state index is 12.4. The molecule has 5 nitrogen and oxygen atoms in total. The third kappa shape index (κ3) is 4.45. The van der Waals surface area contributed by atoms with E-state index < -0.39 is 0 Å². The second-order valence-electron chi connectivity index (χ2n) is 5.29. The van der Waals surface area contributed by atoms with Crippen molar-refractivity contribution in [1.82, 2.24) is 4.90 Å². The normalized spacial score (nSPS) is 22.1. The molecule has 2 unspecified atom stereocenters. The zero-order valence-electron chi connectivity index (χ0n) is 12.5. The van der Waals surface area contributed by atoms with Gasteiger partial charge in [-0.2, -0.15) is 5.26 Å². The molecule has 1 aromatic rings. The second-order valence-corrected chi connectivity index (χ2v) is 6.53. The van der Waals surface area contributed by atoms with Crippen molar-refractivity contribution >= 4 is 34.2 Å². The first-order valence-electron chi connectivity index (χ1n) is 7.06. The summed E-state index contributed by atoms with van der Waals surface area (Å²) in [7, 11) is 0. The molecule has 0 aromatic heterocycles. The number of hydrogen-bond acceptors (Lipinski definition) is 4. The molecule has 2 rings (SSSR count). The summed E-state index contributed by atoms with van der Waals surface area (Å²) in [4.78, 5) is 14.1. The van der Waals surface area contributed by atoms with Gasteiger partial charge in [0, 0.05) is 28.5 Å². The Morgan fingerprint density at radius 2 is 1.95 bits per heavy atom. The van der Waals surface area contributed by atoms with Gasteiger partial charge in [-0.3, -0.25) is 4.79 Å². The first-order valence-corrected chi connectivity index (χ1v) is 8.14. The predicted octanol–water partition coefficient (Wildman–Crippen LogP) is 2.75. The Kier molecular flexibility index (Phi) is 5.80. The molecular weight excluding hydrogens is 393 g/mol. The highest BCUT2D eigenvalue weighted by atomic mass is 127. The molecule has 0 spiro atoms. The van der Waals surface area contributed by atoms with E-state index in [1.165, 1.54) is 6.20 Å². The SMILES string of the molecule is CC1CN(C(=O)/C(C#N)=C\Nc2ccc(I)cc2)CC(C)O1. The Bertz CT molecular complexity index is 597. The van der Waals surface area contributed by atoms with E-state index in [-0.39, 0.29) is 23.7 Å². The molecule has 1 aliphatic heterocycles. The van der Waals surface area contributed by atoms with Gasteiger partial charge in [-0.25, -0.2) is 0 Å². The van der Waals surface area contributed by atoms with Crippen molar-refractivity contribution in [2.75, 3.05) is 18.4 Å². The minimum absolute atomic E-state index is 0.0169. The third-order valence-electron chi connectivity index (χ3n) is 3.29. The fourth-order valence-electron chi connectivity index (χ4n) is 2.36. The first-order chi connectivity index (χ1) is 10.5. The van der Waals surface area contributed by atoms with Crippen molar-refractivity contribution in [2.24, 2.45) is 0 Å². The van der Waals surface area contributed by atoms with Crippen LogP contribution in [0.3, 0.4) is 0 Å². The maximum Gasteiger partial charge on any atom is 0.266 e. The van der Waals surface area contributed by atoms with Gasteiger partial charge in [0.2, 0.25) is 0 Å². The quantitative estimate of drug-likeness (QED) is 0.472. The largest absolute Gasteiger partial charge is 0.372 e. The Morgan fingerprint density at radius 1 is 1.36 bits per heavy atom. The molecule has 1 aliphatic rings. The van der Waals surface area contributed by atoms with Gasteiger partial charge < -0.3 is 15.0 Å². The van der Waals surface area contributed by atoms with Crippen molar-refractivity contribution in [3.05, 3.63) is 39.6 Å². The van der Waals surface area contributed by atoms with E-state index in [1.54, 1.807) is 4.90 Å². The van der Waals surface area contributed by atoms with E-state index >= 15 is 0 Å². The smallest absolute Gasteiger partial charge is 0.266 e. The fraction of sp³-hybridized carbons (Fsp3) is 0.375. The highest BCUT2D eigenvalue weighted by Gasteiger charge is 2.27. The lowest BCUT2D eigenvalue weighted by molar-refractivity contribution is -0.138. The number of nitrogens with one attached hydrogen (secondary N) is 1. The molecule has 6 heteroatoms. The number of ether oxygens (including phenoxy) is 1. The standard InChI is InChI=1S/C16H18IN3O2/c1-11-9-20(10-12(2)22-11)16(21)13(7-18)8-19-15-5-3-14(17)4-6-15/h3-6,8,11-12,19H,9-10H2,1-2H3/b13-8-. The van der Waals surface area contributed by atoms with Crippen LogP contribution in [0.25, 0.3) is 0 Å². The summed E-state index contributed by atoms with van der Waals surface area (Å²) < 4.78 is 6.73. The molecule has 1 heterocycles. The van der Waals surface area contributed by atoms with Crippen LogP contribution in [-0.4, -0.2) is 36.1 Å². The Labute approximate surface area is 144 Å². The van der Waals surface area contributed by atoms with Crippen molar-refractivity contribution < 1.29 is 9.53 Å². The lowest BCUT2D eigenvalue weighted by Crippen LogP contribution is -2.48. The molecule has 0 aliphatic carbocycles. The van der Waals surface area contributed by atoms with Crippen molar-refractivity contribution in [3.63, 3.8) is 0 Å². The van der Waals surface area contributed by atoms with Crippen LogP contribution in [-0.2, 0) is 9.53 Å². The van der Waals surface area contributed by atoms with E-state index in [1.807, 2.05) is 44.2 Å². The molecule has 1 fully saturated rings. The topological polar surface area (TPSA) is 65.4 Å². The second kappa shape index (κ2) is 7.61. The van der Waals surface area contributed by atoms with Crippen LogP contribution in [0.4, 0.5) is 5.69 Å². The van der Waals surface area contributed by atoms with Gasteiger partial charge in [-0.15, -0.1) is 0 Å². The number of benzene rings is 1. The molecule has 2 atom stereocenters. The van der Waals surface area contributed by atoms with Gasteiger partial charge in [-0.1, -0.05) is 0 Å². The number of nitriles is 1. The van der Waals surface area contributed by atoms with Gasteiger partial charge in [-0.05, 0) is 60.7 Å². The van der Waals surface area contributed by atoms with Crippen LogP contribution in [0, 0.1) is 14.9 Å². The number of anilines is 1. The summed E-state index contributed by atoms with van der Waals surface area (Å²) in [5.74, 6) is -0.262. The van der Waals surface area contributed by atoms with E-state index in [4.69, 9.17) is 4.74 Å². The van der Waals surface area contributed by atoms with E-state index in [0.717, 1.165) is 9.26 Å². The van der Waals surface area contributed by atoms with Crippen molar-refractivity contribution in [1.29, 1.82) is 5.26 Å². The lowest BCUT2D eigenvalue weighted by atomic mass is 10.2. The number of morpholine rings is 1. The summed E-state index contributed by atoms with van der Waals surface area (Å²) in [5, 5.41) is 12.2. The monoisotopic (exact) mass is 411 g/mol. The molecule has 1 amide bonds. The van der Waals surface area contributed by atoms with E-state index in [2.05, 4.69) is 27.9 Å². The number of rotatable bonds is 3. The number of carbonyl (C=O) groups is 1. The minimum Gasteiger partial charge on any atom is -0.372 e. The summed E-state index contributed by atoms with van der Waals surface area (Å²) >= 11 is 2.22. The molecule has 1 saturated heterocycles. The average Bonchev–Trinajstić information content (AvgIpc) is 2.48. The molecular formula is C16H18IN3O2. The summed E-state index contributed by atoms with van der Waals surface area (Å²) in [6.45, 7) is 4.86. The predicted molar refractivity (Wildman–Crippen MR) is 93.1 cm³/mol. The van der Waals surface area contributed by atoms with Gasteiger partial charge in [0.05, 0.1) is 12.2 Å². The van der Waals surface area contributed by atoms with Crippen LogP contribution in [0.2, 0.25) is 0 Å². The maximum atomic E-state index is 12.4. The molecule has 1 N–H and O–H groups in total. The molecule has 116 valence electrons. The van der Waals surface area contributed by atoms with Gasteiger partial charge in [0.1, 0.15) is 11.6 Å². The van der Waals surface area contributed by atoms with Crippen LogP contribution < -0.4 is 5.32 Å². The van der Waals surface area contributed by atoms with Crippen LogP contribution in [0.1, 0.15) is 13.8 Å². The Balaban J connectivity index is 2.06. The molecule has 0 bridgehead atoms. The number of carbonyl (C=O) groups excluding carboxylic acids is 1. The first kappa shape index (κ1) is 16.8. The van der Waals surface area contributed by atoms with Crippen molar-refractivity contribution in [2.45, 2.75) is 26.1 Å². The lowest BCUT2D eigenvalue weighted by Gasteiger charge is -2.35. The third-order valence-corrected chi connectivity index (χ3v) is 4.00. The van der Waals surface area contributed by atoms with Crippen LogP contribution in [0.15, 0.2) is 36.0 Å². The minimum atomic E-state index is -0.262. The molecule has 1 aromatic carbocycles. The highest BCUT2D eigenvalue weighted by molar-refractivity contribution is 14.1. The van der Waals surface area contributed by atoms with Crippen molar-refractivity contribution in [3.8, 4) is 6.07 Å². The number of nitrogens with zero attached hydrogens (tertiary/aromatic N) is 2. The Morgan fingerprint density at radius 3 is 2.50 bits per heavy atom. The zero-order valence-corrected chi connectivity index (χ0v) is 14.7. The number of halogens is 1. The molecule has 0 radical (unpaired) electrons. The summed E-state index contributed by atoms with van der Waals surface area (Å²) in [5.41, 5.74) is 0.935. The highest BCUT2D eigenvalue weighted by Crippen LogP contribution is 2.15. The fourth-order valence-corrected chi connectivity index (χ4v) is 2.72. The number of amides is 1. The summed E-state index contributed by atoms with van der Waals surface area (Å²) in [6.07, 6.45) is 1.43. The molecule has 0 saturated carbocycles. The zero-order chi connectivity index (χ0) is 16.1. The molecule has 22 heavy (non-hydrogen) atoms.